The van der Waals surface area contributed by atoms with Crippen molar-refractivity contribution in [1.29, 1.82) is 0 Å². The largest absolute Gasteiger partial charge is 0.385 e. The SMILES string of the molecule is Nc1sc2cccc[n+]2c1C(=O)c1ccc([N+](=O)[O-])cc1. The lowest BCUT2D eigenvalue weighted by atomic mass is 10.1. The molecule has 0 atom stereocenters. The molecular formula is C14H10N3O3S+. The summed E-state index contributed by atoms with van der Waals surface area (Å²) in [6, 6.07) is 11.0. The summed E-state index contributed by atoms with van der Waals surface area (Å²) in [5, 5.41) is 11.1. The standard InChI is InChI=1S/C14H9N3O3S/c15-14-12(16-8-2-1-3-11(16)21-14)13(18)9-4-6-10(7-5-9)17(19)20/h1-8H,(H-,15,18)/p+1. The number of hydrogen-bond acceptors (Lipinski definition) is 5. The van der Waals surface area contributed by atoms with Crippen molar-refractivity contribution < 1.29 is 14.1 Å². The molecule has 0 saturated carbocycles. The number of anilines is 1. The van der Waals surface area contributed by atoms with Gasteiger partial charge in [0.15, 0.2) is 11.2 Å². The number of nitrogen functional groups attached to an aromatic ring is 1. The number of nitro benzene ring substituents is 1. The third kappa shape index (κ3) is 2.23. The Kier molecular flexibility index (Phi) is 3.11. The lowest BCUT2D eigenvalue weighted by Crippen LogP contribution is -2.28. The van der Waals surface area contributed by atoms with Crippen molar-refractivity contribution in [2.24, 2.45) is 0 Å². The Hall–Kier alpha value is -2.80. The van der Waals surface area contributed by atoms with E-state index in [1.165, 1.54) is 35.6 Å². The third-order valence-corrected chi connectivity index (χ3v) is 4.02. The Morgan fingerprint density at radius 3 is 2.57 bits per heavy atom. The fourth-order valence-electron chi connectivity index (χ4n) is 2.07. The van der Waals surface area contributed by atoms with Crippen LogP contribution >= 0.6 is 11.3 Å². The van der Waals surface area contributed by atoms with Gasteiger partial charge < -0.3 is 5.73 Å². The Morgan fingerprint density at radius 2 is 1.90 bits per heavy atom. The zero-order valence-electron chi connectivity index (χ0n) is 10.7. The molecule has 21 heavy (non-hydrogen) atoms. The maximum absolute atomic E-state index is 12.6. The van der Waals surface area contributed by atoms with Crippen LogP contribution in [0.1, 0.15) is 16.1 Å². The number of nitrogens with two attached hydrogens (primary N) is 1. The molecule has 104 valence electrons. The minimum absolute atomic E-state index is 0.0534. The first-order valence-corrected chi connectivity index (χ1v) is 6.87. The van der Waals surface area contributed by atoms with E-state index in [0.29, 0.717) is 16.3 Å². The van der Waals surface area contributed by atoms with Gasteiger partial charge in [-0.3, -0.25) is 14.9 Å². The molecule has 0 aliphatic carbocycles. The zero-order chi connectivity index (χ0) is 15.0. The molecule has 0 spiro atoms. The molecule has 0 unspecified atom stereocenters. The molecule has 1 aromatic carbocycles. The maximum Gasteiger partial charge on any atom is 0.293 e. The molecule has 7 heteroatoms. The summed E-state index contributed by atoms with van der Waals surface area (Å²) in [7, 11) is 0. The molecule has 0 amide bonds. The van der Waals surface area contributed by atoms with E-state index in [-0.39, 0.29) is 11.5 Å². The highest BCUT2D eigenvalue weighted by Gasteiger charge is 2.27. The second-order valence-electron chi connectivity index (χ2n) is 4.36. The van der Waals surface area contributed by atoms with Crippen LogP contribution in [0.15, 0.2) is 48.7 Å². The molecule has 0 bridgehead atoms. The normalized spacial score (nSPS) is 10.7. The first kappa shape index (κ1) is 13.2. The highest BCUT2D eigenvalue weighted by molar-refractivity contribution is 7.20. The molecule has 0 fully saturated rings. The number of thiazole rings is 1. The average Bonchev–Trinajstić information content (AvgIpc) is 2.82. The van der Waals surface area contributed by atoms with Gasteiger partial charge in [-0.1, -0.05) is 0 Å². The molecular weight excluding hydrogens is 290 g/mol. The minimum Gasteiger partial charge on any atom is -0.385 e. The van der Waals surface area contributed by atoms with Gasteiger partial charge in [0.2, 0.25) is 0 Å². The quantitative estimate of drug-likeness (QED) is 0.347. The predicted molar refractivity (Wildman–Crippen MR) is 78.4 cm³/mol. The fraction of sp³-hybridized carbons (Fsp3) is 0. The Labute approximate surface area is 123 Å². The number of carbonyl (C=O) groups excluding carboxylic acids is 1. The van der Waals surface area contributed by atoms with E-state index < -0.39 is 4.92 Å². The lowest BCUT2D eigenvalue weighted by molar-refractivity contribution is -0.509. The average molecular weight is 300 g/mol. The smallest absolute Gasteiger partial charge is 0.293 e. The van der Waals surface area contributed by atoms with E-state index in [4.69, 9.17) is 5.73 Å². The van der Waals surface area contributed by atoms with E-state index >= 15 is 0 Å². The number of hydrogen-bond donors (Lipinski definition) is 1. The van der Waals surface area contributed by atoms with Crippen LogP contribution < -0.4 is 10.1 Å². The van der Waals surface area contributed by atoms with Crippen LogP contribution in [0.3, 0.4) is 0 Å². The van der Waals surface area contributed by atoms with Gasteiger partial charge in [0.25, 0.3) is 22.0 Å². The van der Waals surface area contributed by atoms with Gasteiger partial charge in [-0.15, -0.1) is 4.40 Å². The first-order chi connectivity index (χ1) is 10.1. The van der Waals surface area contributed by atoms with E-state index in [2.05, 4.69) is 0 Å². The molecule has 6 nitrogen and oxygen atoms in total. The predicted octanol–water partition coefficient (Wildman–Crippen LogP) is 2.21. The van der Waals surface area contributed by atoms with Crippen molar-refractivity contribution in [2.75, 3.05) is 5.73 Å². The summed E-state index contributed by atoms with van der Waals surface area (Å²) in [5.74, 6) is -0.259. The summed E-state index contributed by atoms with van der Waals surface area (Å²) in [6.45, 7) is 0. The fourth-order valence-corrected chi connectivity index (χ4v) is 2.98. The van der Waals surface area contributed by atoms with Crippen LogP contribution in [0.5, 0.6) is 0 Å². The number of ketones is 1. The summed E-state index contributed by atoms with van der Waals surface area (Å²) in [5.41, 5.74) is 6.63. The van der Waals surface area contributed by atoms with Crippen LogP contribution in [-0.4, -0.2) is 10.7 Å². The second-order valence-corrected chi connectivity index (χ2v) is 5.42. The number of fused-ring (bicyclic) bond motifs is 1. The molecule has 0 saturated heterocycles. The molecule has 0 radical (unpaired) electrons. The van der Waals surface area contributed by atoms with Crippen LogP contribution in [-0.2, 0) is 0 Å². The molecule has 3 aromatic rings. The molecule has 2 aromatic heterocycles. The van der Waals surface area contributed by atoms with Gasteiger partial charge in [-0.25, -0.2) is 0 Å². The number of aromatic nitrogens is 1. The molecule has 0 aliphatic rings. The number of pyridine rings is 1. The number of rotatable bonds is 3. The number of nitrogens with zero attached hydrogens (tertiary/aromatic N) is 2. The highest BCUT2D eigenvalue weighted by Crippen LogP contribution is 2.23. The van der Waals surface area contributed by atoms with Gasteiger partial charge >= 0.3 is 0 Å². The summed E-state index contributed by atoms with van der Waals surface area (Å²) in [4.78, 5) is 23.6. The number of benzene rings is 1. The first-order valence-electron chi connectivity index (χ1n) is 6.06. The molecule has 2 N–H and O–H groups in total. The van der Waals surface area contributed by atoms with Gasteiger partial charge in [0, 0.05) is 29.8 Å². The van der Waals surface area contributed by atoms with E-state index in [1.54, 1.807) is 10.6 Å². The Bertz CT molecular complexity index is 856. The van der Waals surface area contributed by atoms with Crippen LogP contribution in [0.25, 0.3) is 4.83 Å². The third-order valence-electron chi connectivity index (χ3n) is 3.07. The van der Waals surface area contributed by atoms with E-state index in [9.17, 15) is 14.9 Å². The van der Waals surface area contributed by atoms with Crippen molar-refractivity contribution in [2.45, 2.75) is 0 Å². The van der Waals surface area contributed by atoms with Gasteiger partial charge in [-0.2, -0.15) is 0 Å². The molecule has 2 heterocycles. The number of non-ortho nitro benzene ring substituents is 1. The van der Waals surface area contributed by atoms with Gasteiger partial charge in [0.05, 0.1) is 4.92 Å². The van der Waals surface area contributed by atoms with Gasteiger partial charge in [0.1, 0.15) is 0 Å². The Morgan fingerprint density at radius 1 is 1.19 bits per heavy atom. The number of nitro groups is 1. The maximum atomic E-state index is 12.6. The van der Waals surface area contributed by atoms with E-state index in [1.807, 2.05) is 18.2 Å². The molecule has 3 rings (SSSR count). The highest BCUT2D eigenvalue weighted by atomic mass is 32.1. The molecule has 0 aliphatic heterocycles. The van der Waals surface area contributed by atoms with Crippen molar-refractivity contribution >= 4 is 32.6 Å². The monoisotopic (exact) mass is 300 g/mol. The summed E-state index contributed by atoms with van der Waals surface area (Å²) >= 11 is 1.32. The van der Waals surface area contributed by atoms with Crippen molar-refractivity contribution in [1.82, 2.24) is 0 Å². The topological polar surface area (TPSA) is 90.3 Å². The van der Waals surface area contributed by atoms with Crippen molar-refractivity contribution in [3.8, 4) is 0 Å². The van der Waals surface area contributed by atoms with Crippen LogP contribution in [0.2, 0.25) is 0 Å². The van der Waals surface area contributed by atoms with E-state index in [0.717, 1.165) is 4.83 Å². The zero-order valence-corrected chi connectivity index (χ0v) is 11.5. The summed E-state index contributed by atoms with van der Waals surface area (Å²) < 4.78 is 1.73. The summed E-state index contributed by atoms with van der Waals surface area (Å²) in [6.07, 6.45) is 1.76. The lowest BCUT2D eigenvalue weighted by Gasteiger charge is -1.97. The Balaban J connectivity index is 2.08. The van der Waals surface area contributed by atoms with Crippen molar-refractivity contribution in [3.63, 3.8) is 0 Å². The van der Waals surface area contributed by atoms with Crippen molar-refractivity contribution in [3.05, 3.63) is 70.0 Å². The van der Waals surface area contributed by atoms with Crippen LogP contribution in [0.4, 0.5) is 10.7 Å². The van der Waals surface area contributed by atoms with Crippen LogP contribution in [0, 0.1) is 10.1 Å². The second kappa shape index (κ2) is 4.95. The number of carbonyl (C=O) groups is 1. The minimum atomic E-state index is -0.503. The van der Waals surface area contributed by atoms with Gasteiger partial charge in [-0.05, 0) is 29.5 Å².